The van der Waals surface area contributed by atoms with E-state index in [1.807, 2.05) is 6.07 Å². The van der Waals surface area contributed by atoms with Crippen LogP contribution in [-0.2, 0) is 9.53 Å². The molecule has 1 saturated carbocycles. The number of rotatable bonds is 4. The molecule has 0 N–H and O–H groups in total. The number of carbonyl (C=O) groups excluding carboxylic acids is 1. The van der Waals surface area contributed by atoms with Crippen LogP contribution in [0.25, 0.3) is 0 Å². The van der Waals surface area contributed by atoms with Crippen molar-refractivity contribution < 1.29 is 9.53 Å². The summed E-state index contributed by atoms with van der Waals surface area (Å²) in [5.74, 6) is 1.23. The third-order valence-corrected chi connectivity index (χ3v) is 4.28. The van der Waals surface area contributed by atoms with Gasteiger partial charge in [-0.05, 0) is 30.9 Å². The van der Waals surface area contributed by atoms with Crippen molar-refractivity contribution in [3.63, 3.8) is 0 Å². The van der Waals surface area contributed by atoms with Crippen molar-refractivity contribution in [2.45, 2.75) is 19.8 Å². The summed E-state index contributed by atoms with van der Waals surface area (Å²) in [5.41, 5.74) is 1.27. The highest BCUT2D eigenvalue weighted by Gasteiger charge is 2.40. The van der Waals surface area contributed by atoms with E-state index in [1.54, 1.807) is 0 Å². The number of benzene rings is 1. The summed E-state index contributed by atoms with van der Waals surface area (Å²) in [6, 6.07) is 10.4. The van der Waals surface area contributed by atoms with Crippen LogP contribution >= 0.6 is 0 Å². The van der Waals surface area contributed by atoms with E-state index >= 15 is 0 Å². The van der Waals surface area contributed by atoms with Gasteiger partial charge in [0, 0.05) is 24.7 Å². The van der Waals surface area contributed by atoms with E-state index in [2.05, 4.69) is 36.1 Å². The zero-order valence-electron chi connectivity index (χ0n) is 11.4. The molecule has 0 spiro atoms. The Morgan fingerprint density at radius 1 is 1.37 bits per heavy atom. The first-order chi connectivity index (χ1) is 9.24. The van der Waals surface area contributed by atoms with Crippen LogP contribution in [0, 0.1) is 17.8 Å². The van der Waals surface area contributed by atoms with Gasteiger partial charge in [0.05, 0.1) is 12.5 Å². The van der Waals surface area contributed by atoms with E-state index < -0.39 is 0 Å². The summed E-state index contributed by atoms with van der Waals surface area (Å²) in [5, 5.41) is 0. The molecule has 0 aromatic heterocycles. The van der Waals surface area contributed by atoms with Gasteiger partial charge >= 0.3 is 5.97 Å². The Balaban J connectivity index is 1.46. The van der Waals surface area contributed by atoms with Crippen molar-refractivity contribution in [3.8, 4) is 0 Å². The molecule has 3 atom stereocenters. The van der Waals surface area contributed by atoms with Crippen molar-refractivity contribution in [1.29, 1.82) is 0 Å². The molecule has 1 aromatic rings. The van der Waals surface area contributed by atoms with Crippen LogP contribution in [0.15, 0.2) is 30.3 Å². The maximum Gasteiger partial charge on any atom is 0.309 e. The molecule has 3 heteroatoms. The van der Waals surface area contributed by atoms with Crippen molar-refractivity contribution in [2.75, 3.05) is 24.6 Å². The second kappa shape index (κ2) is 5.24. The summed E-state index contributed by atoms with van der Waals surface area (Å²) < 4.78 is 5.44. The maximum absolute atomic E-state index is 11.7. The minimum absolute atomic E-state index is 0.0191. The zero-order chi connectivity index (χ0) is 13.2. The molecule has 1 heterocycles. The number of carbonyl (C=O) groups is 1. The lowest BCUT2D eigenvalue weighted by Crippen LogP contribution is -2.22. The number of hydrogen-bond acceptors (Lipinski definition) is 3. The SMILES string of the molecule is C[C@@H]1C[C@@H]1C(=O)OC[C@H]1CCN(c2ccccc2)C1. The molecule has 2 aliphatic rings. The third-order valence-electron chi connectivity index (χ3n) is 4.28. The van der Waals surface area contributed by atoms with Gasteiger partial charge < -0.3 is 9.64 Å². The predicted molar refractivity (Wildman–Crippen MR) is 75.0 cm³/mol. The third kappa shape index (κ3) is 2.91. The molecule has 0 unspecified atom stereocenters. The van der Waals surface area contributed by atoms with Gasteiger partial charge in [0.15, 0.2) is 0 Å². The van der Waals surface area contributed by atoms with Crippen LogP contribution in [0.3, 0.4) is 0 Å². The van der Waals surface area contributed by atoms with E-state index in [4.69, 9.17) is 4.74 Å². The van der Waals surface area contributed by atoms with Crippen molar-refractivity contribution >= 4 is 11.7 Å². The molecule has 2 fully saturated rings. The lowest BCUT2D eigenvalue weighted by molar-refractivity contribution is -0.146. The number of nitrogens with zero attached hydrogens (tertiary/aromatic N) is 1. The van der Waals surface area contributed by atoms with Crippen LogP contribution in [0.4, 0.5) is 5.69 Å². The molecule has 3 nitrogen and oxygen atoms in total. The highest BCUT2D eigenvalue weighted by atomic mass is 16.5. The van der Waals surface area contributed by atoms with Gasteiger partial charge in [-0.1, -0.05) is 25.1 Å². The lowest BCUT2D eigenvalue weighted by atomic mass is 10.1. The fourth-order valence-corrected chi connectivity index (χ4v) is 2.80. The number of para-hydroxylation sites is 1. The fraction of sp³-hybridized carbons (Fsp3) is 0.562. The number of hydrogen-bond donors (Lipinski definition) is 0. The molecule has 1 aliphatic heterocycles. The normalized spacial score (nSPS) is 29.3. The summed E-state index contributed by atoms with van der Waals surface area (Å²) in [7, 11) is 0. The maximum atomic E-state index is 11.7. The standard InChI is InChI=1S/C16H21NO2/c1-12-9-15(12)16(18)19-11-13-7-8-17(10-13)14-5-3-2-4-6-14/h2-6,12-13,15H,7-11H2,1H3/t12-,13+,15+/m1/s1. The van der Waals surface area contributed by atoms with E-state index in [0.717, 1.165) is 25.9 Å². The number of anilines is 1. The number of esters is 1. The number of ether oxygens (including phenoxy) is 1. The molecular weight excluding hydrogens is 238 g/mol. The summed E-state index contributed by atoms with van der Waals surface area (Å²) in [4.78, 5) is 14.1. The zero-order valence-corrected chi connectivity index (χ0v) is 11.4. The molecule has 0 radical (unpaired) electrons. The average molecular weight is 259 g/mol. The van der Waals surface area contributed by atoms with E-state index in [1.165, 1.54) is 5.69 Å². The Hall–Kier alpha value is -1.51. The predicted octanol–water partition coefficient (Wildman–Crippen LogP) is 2.71. The quantitative estimate of drug-likeness (QED) is 0.779. The Labute approximate surface area is 114 Å². The second-order valence-corrected chi connectivity index (χ2v) is 5.89. The van der Waals surface area contributed by atoms with E-state index in [-0.39, 0.29) is 11.9 Å². The van der Waals surface area contributed by atoms with Gasteiger partial charge in [-0.15, -0.1) is 0 Å². The molecule has 102 valence electrons. The molecule has 1 aromatic carbocycles. The minimum Gasteiger partial charge on any atom is -0.465 e. The summed E-state index contributed by atoms with van der Waals surface area (Å²) in [6.07, 6.45) is 2.13. The molecule has 19 heavy (non-hydrogen) atoms. The first-order valence-electron chi connectivity index (χ1n) is 7.20. The van der Waals surface area contributed by atoms with Crippen LogP contribution in [0.1, 0.15) is 19.8 Å². The first-order valence-corrected chi connectivity index (χ1v) is 7.20. The summed E-state index contributed by atoms with van der Waals surface area (Å²) >= 11 is 0. The largest absolute Gasteiger partial charge is 0.465 e. The molecule has 1 saturated heterocycles. The van der Waals surface area contributed by atoms with E-state index in [0.29, 0.717) is 18.4 Å². The van der Waals surface area contributed by atoms with Gasteiger partial charge in [-0.25, -0.2) is 0 Å². The van der Waals surface area contributed by atoms with Crippen LogP contribution in [-0.4, -0.2) is 25.7 Å². The first kappa shape index (κ1) is 12.5. The van der Waals surface area contributed by atoms with Crippen molar-refractivity contribution in [2.24, 2.45) is 17.8 Å². The molecule has 0 amide bonds. The molecule has 3 rings (SSSR count). The fourth-order valence-electron chi connectivity index (χ4n) is 2.80. The summed E-state index contributed by atoms with van der Waals surface area (Å²) in [6.45, 7) is 4.76. The second-order valence-electron chi connectivity index (χ2n) is 5.89. The van der Waals surface area contributed by atoms with Gasteiger partial charge in [-0.2, -0.15) is 0 Å². The van der Waals surface area contributed by atoms with Crippen molar-refractivity contribution in [3.05, 3.63) is 30.3 Å². The smallest absolute Gasteiger partial charge is 0.309 e. The molecule has 0 bridgehead atoms. The Bertz CT molecular complexity index is 445. The Kier molecular flexibility index (Phi) is 3.45. The minimum atomic E-state index is 0.0191. The van der Waals surface area contributed by atoms with Crippen LogP contribution in [0.5, 0.6) is 0 Å². The molecule has 1 aliphatic carbocycles. The van der Waals surface area contributed by atoms with E-state index in [9.17, 15) is 4.79 Å². The Morgan fingerprint density at radius 2 is 2.11 bits per heavy atom. The van der Waals surface area contributed by atoms with Gasteiger partial charge in [0.1, 0.15) is 0 Å². The Morgan fingerprint density at radius 3 is 2.79 bits per heavy atom. The lowest BCUT2D eigenvalue weighted by Gasteiger charge is -2.18. The van der Waals surface area contributed by atoms with Gasteiger partial charge in [0.25, 0.3) is 0 Å². The van der Waals surface area contributed by atoms with Crippen LogP contribution in [0.2, 0.25) is 0 Å². The monoisotopic (exact) mass is 259 g/mol. The van der Waals surface area contributed by atoms with Gasteiger partial charge in [-0.3, -0.25) is 4.79 Å². The van der Waals surface area contributed by atoms with Crippen LogP contribution < -0.4 is 4.90 Å². The molecular formula is C16H21NO2. The van der Waals surface area contributed by atoms with Crippen molar-refractivity contribution in [1.82, 2.24) is 0 Å². The highest BCUT2D eigenvalue weighted by Crippen LogP contribution is 2.38. The topological polar surface area (TPSA) is 29.5 Å². The highest BCUT2D eigenvalue weighted by molar-refractivity contribution is 5.75. The average Bonchev–Trinajstić information content (AvgIpc) is 3.00. The van der Waals surface area contributed by atoms with Gasteiger partial charge in [0.2, 0.25) is 0 Å².